The maximum atomic E-state index is 11.9. The number of aliphatic hydroxyl groups excluding tert-OH is 2. The molecular formula is C45H47ClN4O6. The van der Waals surface area contributed by atoms with Crippen molar-refractivity contribution in [2.24, 2.45) is 0 Å². The van der Waals surface area contributed by atoms with Crippen LogP contribution in [0.25, 0.3) is 22.3 Å². The zero-order valence-corrected chi connectivity index (χ0v) is 32.6. The number of nitrogens with zero attached hydrogens (tertiary/aromatic N) is 3. The number of rotatable bonds is 16. The first-order valence-electron chi connectivity index (χ1n) is 18.7. The summed E-state index contributed by atoms with van der Waals surface area (Å²) in [4.78, 5) is 18.3. The van der Waals surface area contributed by atoms with Crippen molar-refractivity contribution in [1.82, 2.24) is 15.2 Å². The van der Waals surface area contributed by atoms with Gasteiger partial charge < -0.3 is 24.8 Å². The Bertz CT molecular complexity index is 2220. The summed E-state index contributed by atoms with van der Waals surface area (Å²) in [5.74, 6) is -0.435. The molecule has 0 amide bonds. The van der Waals surface area contributed by atoms with Gasteiger partial charge in [0.1, 0.15) is 36.3 Å². The lowest BCUT2D eigenvalue weighted by Crippen LogP contribution is -2.52. The van der Waals surface area contributed by atoms with Gasteiger partial charge in [0.05, 0.1) is 23.8 Å². The van der Waals surface area contributed by atoms with Crippen molar-refractivity contribution < 1.29 is 29.6 Å². The van der Waals surface area contributed by atoms with Crippen molar-refractivity contribution >= 4 is 17.6 Å². The monoisotopic (exact) mass is 774 g/mol. The van der Waals surface area contributed by atoms with E-state index in [-0.39, 0.29) is 26.4 Å². The molecule has 1 aliphatic heterocycles. The van der Waals surface area contributed by atoms with Crippen LogP contribution in [-0.2, 0) is 24.6 Å². The number of aromatic nitrogens is 1. The third kappa shape index (κ3) is 9.05. The highest BCUT2D eigenvalue weighted by Crippen LogP contribution is 2.38. The molecular weight excluding hydrogens is 728 g/mol. The van der Waals surface area contributed by atoms with E-state index in [1.165, 1.54) is 29.8 Å². The quantitative estimate of drug-likeness (QED) is 0.0784. The molecule has 0 saturated carbocycles. The summed E-state index contributed by atoms with van der Waals surface area (Å²) in [6.45, 7) is 7.24. The SMILES string of the molecule is Cc1c(COc2cc(OCc3cncc(C#N)c3)c(CNC(C)(CO)C(=O)O)cc2Cl)cccc1-c1cccc(-c2ccc(C3CCCN3CCO)cc2)c1C. The van der Waals surface area contributed by atoms with Crippen LogP contribution in [0.3, 0.4) is 0 Å². The minimum Gasteiger partial charge on any atom is -0.488 e. The van der Waals surface area contributed by atoms with Crippen LogP contribution in [0.2, 0.25) is 5.02 Å². The molecule has 5 aromatic rings. The Kier molecular flexibility index (Phi) is 13.1. The average molecular weight is 775 g/mol. The number of likely N-dealkylation sites (tertiary alicyclic amines) is 1. The smallest absolute Gasteiger partial charge is 0.326 e. The third-order valence-corrected chi connectivity index (χ3v) is 11.0. The minimum atomic E-state index is -1.59. The minimum absolute atomic E-state index is 0.0304. The third-order valence-electron chi connectivity index (χ3n) is 10.7. The van der Waals surface area contributed by atoms with Crippen molar-refractivity contribution in [3.05, 3.63) is 135 Å². The van der Waals surface area contributed by atoms with E-state index in [1.54, 1.807) is 24.4 Å². The summed E-state index contributed by atoms with van der Waals surface area (Å²) in [6.07, 6.45) is 5.32. The van der Waals surface area contributed by atoms with Crippen molar-refractivity contribution in [2.45, 2.75) is 65.0 Å². The second-order valence-electron chi connectivity index (χ2n) is 14.4. The first kappa shape index (κ1) is 40.4. The number of halogens is 1. The number of carboxylic acids is 1. The summed E-state index contributed by atoms with van der Waals surface area (Å²) in [6, 6.07) is 28.9. The van der Waals surface area contributed by atoms with E-state index in [1.807, 2.05) is 12.1 Å². The van der Waals surface area contributed by atoms with Crippen LogP contribution >= 0.6 is 11.6 Å². The van der Waals surface area contributed by atoms with E-state index < -0.39 is 18.1 Å². The van der Waals surface area contributed by atoms with E-state index in [0.29, 0.717) is 45.8 Å². The van der Waals surface area contributed by atoms with E-state index in [2.05, 4.69) is 83.6 Å². The van der Waals surface area contributed by atoms with Crippen LogP contribution in [0.15, 0.2) is 91.3 Å². The lowest BCUT2D eigenvalue weighted by molar-refractivity contribution is -0.145. The molecule has 1 aromatic heterocycles. The highest BCUT2D eigenvalue weighted by Gasteiger charge is 2.32. The molecule has 10 nitrogen and oxygen atoms in total. The molecule has 1 saturated heterocycles. The molecule has 6 rings (SSSR count). The van der Waals surface area contributed by atoms with Gasteiger partial charge in [-0.05, 0) is 96.8 Å². The number of carbonyl (C=O) groups is 1. The van der Waals surface area contributed by atoms with Gasteiger partial charge in [-0.2, -0.15) is 5.26 Å². The number of nitriles is 1. The molecule has 4 aromatic carbocycles. The highest BCUT2D eigenvalue weighted by atomic mass is 35.5. The Morgan fingerprint density at radius 1 is 0.946 bits per heavy atom. The largest absolute Gasteiger partial charge is 0.488 e. The van der Waals surface area contributed by atoms with E-state index in [4.69, 9.17) is 21.1 Å². The van der Waals surface area contributed by atoms with Gasteiger partial charge in [-0.1, -0.05) is 72.3 Å². The number of aliphatic hydroxyl groups is 2. The molecule has 56 heavy (non-hydrogen) atoms. The summed E-state index contributed by atoms with van der Waals surface area (Å²) < 4.78 is 12.5. The van der Waals surface area contributed by atoms with E-state index in [9.17, 15) is 25.4 Å². The van der Waals surface area contributed by atoms with Gasteiger partial charge in [0, 0.05) is 48.7 Å². The molecule has 2 atom stereocenters. The molecule has 290 valence electrons. The number of benzene rings is 4. The number of ether oxygens (including phenoxy) is 2. The maximum absolute atomic E-state index is 11.9. The summed E-state index contributed by atoms with van der Waals surface area (Å²) in [5, 5.41) is 41.5. The number of β-amino-alcohol motifs (C(OH)–C–C–N with tert-alkyl or cyclic N) is 1. The summed E-state index contributed by atoms with van der Waals surface area (Å²) in [7, 11) is 0. The van der Waals surface area contributed by atoms with Gasteiger partial charge in [0.15, 0.2) is 0 Å². The Morgan fingerprint density at radius 3 is 2.38 bits per heavy atom. The zero-order valence-electron chi connectivity index (χ0n) is 31.9. The predicted molar refractivity (Wildman–Crippen MR) is 216 cm³/mol. The van der Waals surface area contributed by atoms with Crippen molar-refractivity contribution in [3.63, 3.8) is 0 Å². The van der Waals surface area contributed by atoms with Gasteiger partial charge in [-0.3, -0.25) is 20.0 Å². The first-order valence-corrected chi connectivity index (χ1v) is 19.1. The Labute approximate surface area is 332 Å². The number of nitrogens with one attached hydrogen (secondary N) is 1. The number of hydrogen-bond acceptors (Lipinski definition) is 9. The number of carboxylic acid groups (broad SMARTS) is 1. The number of hydrogen-bond donors (Lipinski definition) is 4. The lowest BCUT2D eigenvalue weighted by atomic mass is 9.89. The van der Waals surface area contributed by atoms with Crippen molar-refractivity contribution in [3.8, 4) is 39.8 Å². The maximum Gasteiger partial charge on any atom is 0.326 e. The molecule has 0 bridgehead atoms. The lowest BCUT2D eigenvalue weighted by Gasteiger charge is -2.25. The fourth-order valence-corrected chi connectivity index (χ4v) is 7.49. The predicted octanol–water partition coefficient (Wildman–Crippen LogP) is 7.77. The van der Waals surface area contributed by atoms with Crippen molar-refractivity contribution in [1.29, 1.82) is 5.26 Å². The van der Waals surface area contributed by atoms with Gasteiger partial charge >= 0.3 is 5.97 Å². The standard InChI is InChI=1S/C45H47ClN4O6/c1-29-35(7-4-9-38(29)39-10-5-8-37(30(39)2)33-12-14-34(15-13-33)41-11-6-16-50(41)17-18-51)27-56-43-21-42(55-26-32-19-31(22-47)23-48-24-32)36(20-40(43)46)25-49-45(3,28-52)44(53)54/h4-5,7-10,12-15,19-21,23-24,41,49,51-52H,6,11,16-18,25-28H2,1-3H3,(H,53,54). The van der Waals surface area contributed by atoms with Crippen LogP contribution in [-0.4, -0.2) is 63.0 Å². The van der Waals surface area contributed by atoms with E-state index >= 15 is 0 Å². The van der Waals surface area contributed by atoms with Gasteiger partial charge in [-0.15, -0.1) is 0 Å². The molecule has 11 heteroatoms. The second-order valence-corrected chi connectivity index (χ2v) is 14.8. The second kappa shape index (κ2) is 18.1. The Morgan fingerprint density at radius 2 is 1.66 bits per heavy atom. The number of aliphatic carboxylic acids is 1. The normalized spacial score (nSPS) is 15.3. The van der Waals surface area contributed by atoms with Crippen LogP contribution < -0.4 is 14.8 Å². The van der Waals surface area contributed by atoms with Gasteiger partial charge in [0.2, 0.25) is 0 Å². The first-order chi connectivity index (χ1) is 27.0. The fraction of sp³-hybridized carbons (Fsp3) is 0.311. The van der Waals surface area contributed by atoms with Crippen molar-refractivity contribution in [2.75, 3.05) is 26.3 Å². The van der Waals surface area contributed by atoms with Gasteiger partial charge in [-0.25, -0.2) is 0 Å². The summed E-state index contributed by atoms with van der Waals surface area (Å²) in [5.41, 5.74) is 9.09. The molecule has 1 fully saturated rings. The molecule has 2 unspecified atom stereocenters. The molecule has 0 radical (unpaired) electrons. The molecule has 1 aliphatic rings. The Hall–Kier alpha value is -5.28. The molecule has 0 aliphatic carbocycles. The topological polar surface area (TPSA) is 148 Å². The van der Waals surface area contributed by atoms with Crippen LogP contribution in [0, 0.1) is 25.2 Å². The molecule has 4 N–H and O–H groups in total. The summed E-state index contributed by atoms with van der Waals surface area (Å²) >= 11 is 6.77. The van der Waals surface area contributed by atoms with Crippen LogP contribution in [0.5, 0.6) is 11.5 Å². The van der Waals surface area contributed by atoms with Crippen LogP contribution in [0.1, 0.15) is 64.8 Å². The van der Waals surface area contributed by atoms with Gasteiger partial charge in [0.25, 0.3) is 0 Å². The molecule has 0 spiro atoms. The Balaban J connectivity index is 1.23. The fourth-order valence-electron chi connectivity index (χ4n) is 7.25. The van der Waals surface area contributed by atoms with Crippen LogP contribution in [0.4, 0.5) is 0 Å². The zero-order chi connectivity index (χ0) is 39.8. The number of pyridine rings is 1. The van der Waals surface area contributed by atoms with E-state index in [0.717, 1.165) is 47.2 Å². The molecule has 2 heterocycles. The highest BCUT2D eigenvalue weighted by molar-refractivity contribution is 6.32. The average Bonchev–Trinajstić information content (AvgIpc) is 3.68.